The van der Waals surface area contributed by atoms with Gasteiger partial charge in [-0.15, -0.1) is 0 Å². The van der Waals surface area contributed by atoms with Crippen molar-refractivity contribution >= 4 is 29.3 Å². The van der Waals surface area contributed by atoms with E-state index in [4.69, 9.17) is 0 Å². The van der Waals surface area contributed by atoms with Gasteiger partial charge in [0.2, 0.25) is 5.95 Å². The molecule has 0 amide bonds. The molecular formula is C23H22F5N6OP. The number of hydrogen-bond acceptors (Lipinski definition) is 6. The van der Waals surface area contributed by atoms with Crippen molar-refractivity contribution in [3.63, 3.8) is 0 Å². The number of piperidine rings is 1. The number of fused-ring (bicyclic) bond motifs is 1. The predicted molar refractivity (Wildman–Crippen MR) is 125 cm³/mol. The number of anilines is 1. The molecule has 5 rings (SSSR count). The second kappa shape index (κ2) is 8.82. The summed E-state index contributed by atoms with van der Waals surface area (Å²) in [6.07, 6.45) is -0.959. The van der Waals surface area contributed by atoms with Crippen LogP contribution in [0.1, 0.15) is 30.4 Å². The zero-order chi connectivity index (χ0) is 25.7. The van der Waals surface area contributed by atoms with Crippen molar-refractivity contribution in [2.75, 3.05) is 30.7 Å². The van der Waals surface area contributed by atoms with Crippen LogP contribution in [0.15, 0.2) is 24.5 Å². The lowest BCUT2D eigenvalue weighted by atomic mass is 10.0. The maximum absolute atomic E-state index is 13.9. The van der Waals surface area contributed by atoms with Gasteiger partial charge in [-0.2, -0.15) is 18.4 Å². The minimum atomic E-state index is -4.79. The summed E-state index contributed by atoms with van der Waals surface area (Å²) >= 11 is 0. The summed E-state index contributed by atoms with van der Waals surface area (Å²) in [7, 11) is -2.89. The lowest BCUT2D eigenvalue weighted by molar-refractivity contribution is -0.137. The van der Waals surface area contributed by atoms with Crippen molar-refractivity contribution in [1.82, 2.24) is 20.3 Å². The fraction of sp³-hybridized carbons (Fsp3) is 0.435. The highest BCUT2D eigenvalue weighted by Gasteiger charge is 2.39. The molecule has 0 saturated carbocycles. The maximum Gasteiger partial charge on any atom is 0.419 e. The number of alkyl halides is 5. The van der Waals surface area contributed by atoms with E-state index >= 15 is 0 Å². The maximum atomic E-state index is 13.9. The van der Waals surface area contributed by atoms with E-state index in [0.717, 1.165) is 12.8 Å². The molecule has 7 nitrogen and oxygen atoms in total. The number of aromatic amines is 1. The van der Waals surface area contributed by atoms with Crippen LogP contribution < -0.4 is 15.9 Å². The predicted octanol–water partition coefficient (Wildman–Crippen LogP) is 4.71. The van der Waals surface area contributed by atoms with Crippen molar-refractivity contribution in [3.8, 4) is 17.3 Å². The van der Waals surface area contributed by atoms with Crippen LogP contribution in [0.4, 0.5) is 27.9 Å². The first kappa shape index (κ1) is 24.7. The van der Waals surface area contributed by atoms with Crippen molar-refractivity contribution < 1.29 is 26.5 Å². The largest absolute Gasteiger partial charge is 0.419 e. The first-order valence-electron chi connectivity index (χ1n) is 11.4. The van der Waals surface area contributed by atoms with E-state index in [1.165, 1.54) is 18.3 Å². The topological polar surface area (TPSA) is 106 Å². The Hall–Kier alpha value is -3.03. The van der Waals surface area contributed by atoms with Crippen LogP contribution in [0.3, 0.4) is 0 Å². The molecular weight excluding hydrogens is 502 g/mol. The molecule has 3 aromatic rings. The molecule has 2 saturated heterocycles. The Bertz CT molecular complexity index is 1400. The smallest absolute Gasteiger partial charge is 0.360 e. The zero-order valence-electron chi connectivity index (χ0n) is 18.9. The Morgan fingerprint density at radius 3 is 2.64 bits per heavy atom. The number of nitrogens with zero attached hydrogens (tertiary/aromatic N) is 3. The van der Waals surface area contributed by atoms with Crippen molar-refractivity contribution in [1.29, 1.82) is 5.26 Å². The second-order valence-corrected chi connectivity index (χ2v) is 12.3. The Balaban J connectivity index is 1.63. The van der Waals surface area contributed by atoms with E-state index in [2.05, 4.69) is 31.7 Å². The molecule has 0 aliphatic carbocycles. The number of nitriles is 1. The lowest BCUT2D eigenvalue weighted by Crippen LogP contribution is -2.49. The van der Waals surface area contributed by atoms with E-state index in [-0.39, 0.29) is 23.6 Å². The van der Waals surface area contributed by atoms with Gasteiger partial charge >= 0.3 is 6.18 Å². The third-order valence-corrected chi connectivity index (χ3v) is 10.0. The Labute approximate surface area is 202 Å². The first-order chi connectivity index (χ1) is 17.0. The van der Waals surface area contributed by atoms with E-state index < -0.39 is 49.5 Å². The average Bonchev–Trinajstić information content (AvgIpc) is 3.44. The highest BCUT2D eigenvalue weighted by molar-refractivity contribution is 7.72. The van der Waals surface area contributed by atoms with E-state index in [1.54, 1.807) is 0 Å². The molecule has 13 heteroatoms. The molecule has 2 fully saturated rings. The third-order valence-electron chi connectivity index (χ3n) is 6.65. The number of rotatable bonds is 4. The van der Waals surface area contributed by atoms with Crippen LogP contribution >= 0.6 is 7.14 Å². The van der Waals surface area contributed by atoms with Gasteiger partial charge in [0.1, 0.15) is 12.7 Å². The van der Waals surface area contributed by atoms with E-state index in [9.17, 15) is 31.8 Å². The standard InChI is InChI=1S/C23H22F5N6OP/c24-22(25)7-14(9-30-12-22)33-21-32-11-17(23(26,27)28)18(34-21)16-10-31-19-15(16)4-3-13(8-29)20(19)36(35)5-1-2-6-36/h3-4,10-11,14,30-31H,1-2,5-7,9,12H2,(H,32,33,34)/t14-/m0/s1. The first-order valence-corrected chi connectivity index (χ1v) is 13.5. The molecule has 1 atom stereocenters. The van der Waals surface area contributed by atoms with Gasteiger partial charge in [0.15, 0.2) is 0 Å². The fourth-order valence-electron chi connectivity index (χ4n) is 5.05. The molecule has 190 valence electrons. The molecule has 2 aliphatic heterocycles. The second-order valence-electron chi connectivity index (χ2n) is 9.23. The number of H-pyrrole nitrogens is 1. The normalized spacial score (nSPS) is 21.4. The van der Waals surface area contributed by atoms with Crippen LogP contribution in [0.25, 0.3) is 22.2 Å². The minimum absolute atomic E-state index is 0.0893. The number of aromatic nitrogens is 3. The molecule has 1 aromatic carbocycles. The van der Waals surface area contributed by atoms with Gasteiger partial charge in [-0.3, -0.25) is 0 Å². The van der Waals surface area contributed by atoms with Crippen molar-refractivity contribution in [3.05, 3.63) is 35.7 Å². The molecule has 0 spiro atoms. The average molecular weight is 524 g/mol. The molecule has 0 radical (unpaired) electrons. The fourth-order valence-corrected chi connectivity index (χ4v) is 8.34. The number of halogens is 5. The van der Waals surface area contributed by atoms with Gasteiger partial charge < -0.3 is 20.2 Å². The summed E-state index contributed by atoms with van der Waals surface area (Å²) < 4.78 is 83.0. The molecule has 3 N–H and O–H groups in total. The Kier molecular flexibility index (Phi) is 6.04. The summed E-state index contributed by atoms with van der Waals surface area (Å²) in [6, 6.07) is 4.26. The lowest BCUT2D eigenvalue weighted by Gasteiger charge is -2.30. The Morgan fingerprint density at radius 2 is 1.97 bits per heavy atom. The molecule has 36 heavy (non-hydrogen) atoms. The summed E-state index contributed by atoms with van der Waals surface area (Å²) in [4.78, 5) is 10.8. The summed E-state index contributed by atoms with van der Waals surface area (Å²) in [5, 5.41) is 15.6. The number of hydrogen-bond donors (Lipinski definition) is 3. The van der Waals surface area contributed by atoms with Crippen molar-refractivity contribution in [2.45, 2.75) is 37.4 Å². The van der Waals surface area contributed by atoms with Gasteiger partial charge in [-0.05, 0) is 18.9 Å². The van der Waals surface area contributed by atoms with Crippen LogP contribution in [-0.4, -0.2) is 52.3 Å². The highest BCUT2D eigenvalue weighted by atomic mass is 31.2. The van der Waals surface area contributed by atoms with E-state index in [0.29, 0.717) is 34.7 Å². The Morgan fingerprint density at radius 1 is 1.22 bits per heavy atom. The van der Waals surface area contributed by atoms with Gasteiger partial charge in [0.25, 0.3) is 5.92 Å². The summed E-state index contributed by atoms with van der Waals surface area (Å²) in [6.45, 7) is -0.297. The molecule has 0 bridgehead atoms. The summed E-state index contributed by atoms with van der Waals surface area (Å²) in [5.74, 6) is -3.18. The third kappa shape index (κ3) is 4.46. The highest BCUT2D eigenvalue weighted by Crippen LogP contribution is 2.53. The van der Waals surface area contributed by atoms with Crippen LogP contribution in [-0.2, 0) is 10.7 Å². The summed E-state index contributed by atoms with van der Waals surface area (Å²) in [5.41, 5.74) is -0.868. The monoisotopic (exact) mass is 524 g/mol. The van der Waals surface area contributed by atoms with Crippen LogP contribution in [0.2, 0.25) is 0 Å². The van der Waals surface area contributed by atoms with Gasteiger partial charge in [-0.1, -0.05) is 6.07 Å². The van der Waals surface area contributed by atoms with Crippen molar-refractivity contribution in [2.24, 2.45) is 0 Å². The SMILES string of the molecule is N#Cc1ccc2c(-c3nc(N[C@@H]4CNCC(F)(F)C4)ncc3C(F)(F)F)c[nH]c2c1P1(=O)CCCC1. The molecule has 0 unspecified atom stereocenters. The number of benzene rings is 1. The minimum Gasteiger partial charge on any atom is -0.360 e. The quantitative estimate of drug-likeness (QED) is 0.337. The number of nitrogens with one attached hydrogen (secondary N) is 3. The van der Waals surface area contributed by atoms with E-state index in [1.807, 2.05) is 0 Å². The zero-order valence-corrected chi connectivity index (χ0v) is 19.8. The molecule has 2 aromatic heterocycles. The molecule has 2 aliphatic rings. The van der Waals surface area contributed by atoms with Gasteiger partial charge in [0.05, 0.1) is 34.7 Å². The van der Waals surface area contributed by atoms with Crippen LogP contribution in [0, 0.1) is 11.3 Å². The van der Waals surface area contributed by atoms with Gasteiger partial charge in [-0.25, -0.2) is 18.7 Å². The molecule has 4 heterocycles. The van der Waals surface area contributed by atoms with Crippen LogP contribution in [0.5, 0.6) is 0 Å². The van der Waals surface area contributed by atoms with Gasteiger partial charge in [0, 0.05) is 54.7 Å².